The van der Waals surface area contributed by atoms with Gasteiger partial charge in [0.1, 0.15) is 0 Å². The molecule has 2 aromatic carbocycles. The highest BCUT2D eigenvalue weighted by Gasteiger charge is 2.23. The van der Waals surface area contributed by atoms with Gasteiger partial charge in [-0.05, 0) is 38.1 Å². The van der Waals surface area contributed by atoms with Crippen LogP contribution in [-0.2, 0) is 14.8 Å². The molecule has 0 radical (unpaired) electrons. The largest absolute Gasteiger partial charge is 0.493 e. The van der Waals surface area contributed by atoms with E-state index in [9.17, 15) is 18.0 Å². The van der Waals surface area contributed by atoms with Crippen LogP contribution in [0.3, 0.4) is 0 Å². The summed E-state index contributed by atoms with van der Waals surface area (Å²) in [5, 5.41) is 2.59. The smallest absolute Gasteiger partial charge is 0.242 e. The maximum atomic E-state index is 12.6. The number of anilines is 1. The molecule has 0 aromatic heterocycles. The molecule has 2 N–H and O–H groups in total. The Morgan fingerprint density at radius 3 is 2.29 bits per heavy atom. The molecule has 2 aromatic rings. The molecule has 0 saturated carbocycles. The number of nitrogens with one attached hydrogen (secondary N) is 2. The van der Waals surface area contributed by atoms with E-state index in [-0.39, 0.29) is 16.4 Å². The normalized spacial score (nSPS) is 12.1. The van der Waals surface area contributed by atoms with Crippen molar-refractivity contribution in [1.82, 2.24) is 4.72 Å². The summed E-state index contributed by atoms with van der Waals surface area (Å²) in [7, 11) is -1.14. The molecule has 8 nitrogen and oxygen atoms in total. The van der Waals surface area contributed by atoms with Crippen LogP contribution >= 0.6 is 0 Å². The number of benzene rings is 2. The third-order valence-electron chi connectivity index (χ3n) is 3.93. The van der Waals surface area contributed by atoms with E-state index in [1.54, 1.807) is 18.2 Å². The molecule has 0 saturated heterocycles. The highest BCUT2D eigenvalue weighted by molar-refractivity contribution is 7.89. The maximum absolute atomic E-state index is 12.6. The molecule has 0 aliphatic heterocycles. The highest BCUT2D eigenvalue weighted by atomic mass is 32.2. The lowest BCUT2D eigenvalue weighted by molar-refractivity contribution is -0.117. The molecule has 150 valence electrons. The van der Waals surface area contributed by atoms with Crippen LogP contribution in [0.4, 0.5) is 5.69 Å². The predicted octanol–water partition coefficient (Wildman–Crippen LogP) is 2.21. The fourth-order valence-corrected chi connectivity index (χ4v) is 3.62. The molecule has 0 aliphatic carbocycles. The number of hydrogen-bond acceptors (Lipinski definition) is 6. The van der Waals surface area contributed by atoms with Gasteiger partial charge >= 0.3 is 0 Å². The van der Waals surface area contributed by atoms with Gasteiger partial charge in [-0.2, -0.15) is 4.72 Å². The van der Waals surface area contributed by atoms with Crippen molar-refractivity contribution in [3.63, 3.8) is 0 Å². The van der Waals surface area contributed by atoms with Crippen molar-refractivity contribution in [2.75, 3.05) is 19.5 Å². The quantitative estimate of drug-likeness (QED) is 0.651. The Balaban J connectivity index is 2.14. The molecular weight excluding hydrogens is 384 g/mol. The third-order valence-corrected chi connectivity index (χ3v) is 5.47. The molecule has 0 heterocycles. The van der Waals surface area contributed by atoms with Gasteiger partial charge < -0.3 is 14.8 Å². The van der Waals surface area contributed by atoms with Crippen LogP contribution in [0.15, 0.2) is 47.4 Å². The number of methoxy groups -OCH3 is 2. The standard InChI is InChI=1S/C19H22N2O6S/c1-12(19(23)20-15-7-5-6-14(10-15)13(2)22)21-28(24,25)16-8-9-17(26-3)18(11-16)27-4/h5-12,21H,1-4H3,(H,20,23)/t12-/m1/s1. The number of ketones is 1. The van der Waals surface area contributed by atoms with E-state index < -0.39 is 22.0 Å². The van der Waals surface area contributed by atoms with Gasteiger partial charge in [-0.15, -0.1) is 0 Å². The number of carbonyl (C=O) groups is 2. The van der Waals surface area contributed by atoms with Gasteiger partial charge in [0.2, 0.25) is 15.9 Å². The van der Waals surface area contributed by atoms with Gasteiger partial charge in [0.25, 0.3) is 0 Å². The summed E-state index contributed by atoms with van der Waals surface area (Å²) in [4.78, 5) is 23.7. The highest BCUT2D eigenvalue weighted by Crippen LogP contribution is 2.29. The number of hydrogen-bond donors (Lipinski definition) is 2. The van der Waals surface area contributed by atoms with Gasteiger partial charge in [0.05, 0.1) is 25.2 Å². The van der Waals surface area contributed by atoms with E-state index >= 15 is 0 Å². The molecule has 0 spiro atoms. The lowest BCUT2D eigenvalue weighted by Gasteiger charge is -2.16. The minimum Gasteiger partial charge on any atom is -0.493 e. The summed E-state index contributed by atoms with van der Waals surface area (Å²) in [6.07, 6.45) is 0. The van der Waals surface area contributed by atoms with Crippen LogP contribution in [0.5, 0.6) is 11.5 Å². The fraction of sp³-hybridized carbons (Fsp3) is 0.263. The molecule has 0 fully saturated rings. The van der Waals surface area contributed by atoms with Crippen molar-refractivity contribution in [3.8, 4) is 11.5 Å². The molecule has 9 heteroatoms. The van der Waals surface area contributed by atoms with Gasteiger partial charge in [-0.3, -0.25) is 9.59 Å². The number of ether oxygens (including phenoxy) is 2. The Morgan fingerprint density at radius 2 is 1.68 bits per heavy atom. The Hall–Kier alpha value is -2.91. The zero-order chi connectivity index (χ0) is 20.9. The van der Waals surface area contributed by atoms with Crippen molar-refractivity contribution >= 4 is 27.4 Å². The molecular formula is C19H22N2O6S. The van der Waals surface area contributed by atoms with Crippen molar-refractivity contribution in [3.05, 3.63) is 48.0 Å². The molecule has 0 aliphatic rings. The second-order valence-corrected chi connectivity index (χ2v) is 7.70. The Bertz CT molecular complexity index is 988. The first-order valence-corrected chi connectivity index (χ1v) is 9.82. The zero-order valence-electron chi connectivity index (χ0n) is 16.0. The SMILES string of the molecule is COc1ccc(S(=O)(=O)N[C@H](C)C(=O)Nc2cccc(C(C)=O)c2)cc1OC. The molecule has 1 atom stereocenters. The number of sulfonamides is 1. The first-order chi connectivity index (χ1) is 13.2. The molecule has 1 amide bonds. The summed E-state index contributed by atoms with van der Waals surface area (Å²) in [5.41, 5.74) is 0.839. The van der Waals surface area contributed by atoms with Gasteiger partial charge in [-0.25, -0.2) is 8.42 Å². The van der Waals surface area contributed by atoms with Gasteiger partial charge in [0, 0.05) is 17.3 Å². The number of carbonyl (C=O) groups excluding carboxylic acids is 2. The van der Waals surface area contributed by atoms with Crippen molar-refractivity contribution in [2.45, 2.75) is 24.8 Å². The number of Topliss-reactive ketones (excluding diaryl/α,β-unsaturated/α-hetero) is 1. The van der Waals surface area contributed by atoms with Crippen LogP contribution in [-0.4, -0.2) is 40.4 Å². The van der Waals surface area contributed by atoms with Crippen molar-refractivity contribution in [2.24, 2.45) is 0 Å². The van der Waals surface area contributed by atoms with Gasteiger partial charge in [0.15, 0.2) is 17.3 Å². The van der Waals surface area contributed by atoms with E-state index in [4.69, 9.17) is 9.47 Å². The van der Waals surface area contributed by atoms with Gasteiger partial charge in [-0.1, -0.05) is 12.1 Å². The summed E-state index contributed by atoms with van der Waals surface area (Å²) in [6.45, 7) is 2.84. The first kappa shape index (κ1) is 21.4. The number of rotatable bonds is 8. The number of amides is 1. The summed E-state index contributed by atoms with van der Waals surface area (Å²) < 4.78 is 37.7. The lowest BCUT2D eigenvalue weighted by atomic mass is 10.1. The second-order valence-electron chi connectivity index (χ2n) is 5.99. The predicted molar refractivity (Wildman–Crippen MR) is 104 cm³/mol. The molecule has 0 bridgehead atoms. The van der Waals surface area contributed by atoms with E-state index in [0.29, 0.717) is 17.0 Å². The van der Waals surface area contributed by atoms with Crippen LogP contribution in [0.25, 0.3) is 0 Å². The monoisotopic (exact) mass is 406 g/mol. The molecule has 28 heavy (non-hydrogen) atoms. The van der Waals surface area contributed by atoms with Crippen LogP contribution < -0.4 is 19.5 Å². The van der Waals surface area contributed by atoms with Crippen LogP contribution in [0.1, 0.15) is 24.2 Å². The average molecular weight is 406 g/mol. The summed E-state index contributed by atoms with van der Waals surface area (Å²) >= 11 is 0. The van der Waals surface area contributed by atoms with Crippen LogP contribution in [0.2, 0.25) is 0 Å². The van der Waals surface area contributed by atoms with Crippen molar-refractivity contribution in [1.29, 1.82) is 0 Å². The lowest BCUT2D eigenvalue weighted by Crippen LogP contribution is -2.41. The van der Waals surface area contributed by atoms with E-state index in [2.05, 4.69) is 10.0 Å². The van der Waals surface area contributed by atoms with E-state index in [0.717, 1.165) is 0 Å². The third kappa shape index (κ3) is 5.08. The Labute approximate surface area is 163 Å². The van der Waals surface area contributed by atoms with E-state index in [1.807, 2.05) is 0 Å². The second kappa shape index (κ2) is 8.85. The zero-order valence-corrected chi connectivity index (χ0v) is 16.8. The van der Waals surface area contributed by atoms with E-state index in [1.165, 1.54) is 52.3 Å². The molecule has 0 unspecified atom stereocenters. The fourth-order valence-electron chi connectivity index (χ4n) is 2.40. The van der Waals surface area contributed by atoms with Crippen LogP contribution in [0, 0.1) is 0 Å². The topological polar surface area (TPSA) is 111 Å². The van der Waals surface area contributed by atoms with Crippen molar-refractivity contribution < 1.29 is 27.5 Å². The Kier molecular flexibility index (Phi) is 6.76. The molecule has 2 rings (SSSR count). The summed E-state index contributed by atoms with van der Waals surface area (Å²) in [5.74, 6) is -0.0656. The minimum atomic E-state index is -3.98. The Morgan fingerprint density at radius 1 is 1.00 bits per heavy atom. The minimum absolute atomic E-state index is 0.0663. The average Bonchev–Trinajstić information content (AvgIpc) is 2.67. The first-order valence-electron chi connectivity index (χ1n) is 8.34. The summed E-state index contributed by atoms with van der Waals surface area (Å²) in [6, 6.07) is 9.46. The maximum Gasteiger partial charge on any atom is 0.242 e.